The van der Waals surface area contributed by atoms with Gasteiger partial charge in [-0.15, -0.1) is 0 Å². The zero-order valence-electron chi connectivity index (χ0n) is 27.3. The van der Waals surface area contributed by atoms with Crippen molar-refractivity contribution < 1.29 is 14.3 Å². The quantitative estimate of drug-likeness (QED) is 0.334. The van der Waals surface area contributed by atoms with Gasteiger partial charge in [-0.1, -0.05) is 35.9 Å². The highest BCUT2D eigenvalue weighted by atomic mass is 35.5. The van der Waals surface area contributed by atoms with Gasteiger partial charge < -0.3 is 29.1 Å². The molecule has 244 valence electrons. The lowest BCUT2D eigenvalue weighted by Crippen LogP contribution is -2.56. The molecule has 3 aliphatic rings. The minimum absolute atomic E-state index is 0.204. The normalized spacial score (nSPS) is 20.7. The first kappa shape index (κ1) is 32.1. The molecule has 2 aromatic carbocycles. The Morgan fingerprint density at radius 2 is 1.80 bits per heavy atom. The molecule has 0 aliphatic carbocycles. The minimum Gasteiger partial charge on any atom is -0.462 e. The molecule has 0 N–H and O–H groups in total. The van der Waals surface area contributed by atoms with Crippen LogP contribution >= 0.6 is 11.6 Å². The maximum atomic E-state index is 13.1. The monoisotopic (exact) mass is 645 g/mol. The molecule has 1 aromatic heterocycles. The Bertz CT molecular complexity index is 1610. The summed E-state index contributed by atoms with van der Waals surface area (Å²) in [5, 5.41) is 12.6. The van der Waals surface area contributed by atoms with Crippen molar-refractivity contribution in [3.63, 3.8) is 0 Å². The molecule has 2 saturated heterocycles. The summed E-state index contributed by atoms with van der Waals surface area (Å²) in [6.07, 6.45) is 3.55. The number of ether oxygens (including phenoxy) is 2. The van der Waals surface area contributed by atoms with Gasteiger partial charge in [-0.05, 0) is 71.1 Å². The number of amides is 1. The average Bonchev–Trinajstić information content (AvgIpc) is 3.31. The molecule has 1 unspecified atom stereocenters. The Kier molecular flexibility index (Phi) is 9.44. The summed E-state index contributed by atoms with van der Waals surface area (Å²) in [6.45, 7) is 10.2. The largest absolute Gasteiger partial charge is 0.462 e. The van der Waals surface area contributed by atoms with Gasteiger partial charge in [0.1, 0.15) is 18.0 Å². The molecule has 4 heterocycles. The second-order valence-electron chi connectivity index (χ2n) is 13.6. The summed E-state index contributed by atoms with van der Waals surface area (Å²) < 4.78 is 12.0. The number of anilines is 2. The topological polar surface area (TPSA) is 98.1 Å². The number of likely N-dealkylation sites (tertiary alicyclic amines) is 1. The fourth-order valence-corrected chi connectivity index (χ4v) is 7.19. The number of rotatable bonds is 6. The molecule has 3 aromatic rings. The molecule has 10 nitrogen and oxygen atoms in total. The molecule has 0 saturated carbocycles. The van der Waals surface area contributed by atoms with Gasteiger partial charge in [-0.3, -0.25) is 0 Å². The summed E-state index contributed by atoms with van der Waals surface area (Å²) in [5.74, 6) is 0.837. The Balaban J connectivity index is 1.30. The Morgan fingerprint density at radius 1 is 1.02 bits per heavy atom. The molecule has 1 amide bonds. The molecule has 46 heavy (non-hydrogen) atoms. The number of nitriles is 1. The number of carbonyl (C=O) groups is 1. The van der Waals surface area contributed by atoms with E-state index in [1.807, 2.05) is 32.9 Å². The summed E-state index contributed by atoms with van der Waals surface area (Å²) >= 11 is 6.73. The van der Waals surface area contributed by atoms with E-state index in [4.69, 9.17) is 31.0 Å². The van der Waals surface area contributed by atoms with Crippen LogP contribution in [0, 0.1) is 11.3 Å². The van der Waals surface area contributed by atoms with E-state index in [0.29, 0.717) is 38.3 Å². The zero-order valence-corrected chi connectivity index (χ0v) is 28.1. The standard InChI is InChI=1S/C35H44ClN7O3/c1-35(2,3)46-34(44)43-21-20-42(22-25(43)13-16-37)32-27-14-18-41(30-12-6-9-24-8-5-11-28(36)31(24)30)19-15-29(27)38-33(39-32)45-23-26-10-7-17-40(26)4/h5-6,8-9,11-12,25-26H,7,10,13-15,17-23H2,1-4H3/t25?,26-/m0/s1. The van der Waals surface area contributed by atoms with Gasteiger partial charge in [0, 0.05) is 61.8 Å². The molecule has 0 bridgehead atoms. The number of nitrogens with zero attached hydrogens (tertiary/aromatic N) is 7. The maximum Gasteiger partial charge on any atom is 0.410 e. The van der Waals surface area contributed by atoms with E-state index in [0.717, 1.165) is 83.9 Å². The lowest BCUT2D eigenvalue weighted by atomic mass is 10.1. The third-order valence-corrected chi connectivity index (χ3v) is 9.60. The van der Waals surface area contributed by atoms with Gasteiger partial charge in [0.2, 0.25) is 0 Å². The van der Waals surface area contributed by atoms with Crippen molar-refractivity contribution in [3.8, 4) is 12.1 Å². The van der Waals surface area contributed by atoms with Crippen molar-refractivity contribution in [3.05, 3.63) is 52.7 Å². The first-order valence-electron chi connectivity index (χ1n) is 16.4. The van der Waals surface area contributed by atoms with Crippen molar-refractivity contribution in [1.29, 1.82) is 5.26 Å². The Morgan fingerprint density at radius 3 is 2.54 bits per heavy atom. The molecule has 3 aliphatic heterocycles. The van der Waals surface area contributed by atoms with Crippen LogP contribution in [0.15, 0.2) is 36.4 Å². The maximum absolute atomic E-state index is 13.1. The molecule has 6 rings (SSSR count). The van der Waals surface area contributed by atoms with Crippen LogP contribution in [0.3, 0.4) is 0 Å². The molecule has 2 fully saturated rings. The fraction of sp³-hybridized carbons (Fsp3) is 0.543. The summed E-state index contributed by atoms with van der Waals surface area (Å²) in [6, 6.07) is 15.1. The smallest absolute Gasteiger partial charge is 0.410 e. The molecular weight excluding hydrogens is 602 g/mol. The molecule has 11 heteroatoms. The number of likely N-dealkylation sites (N-methyl/N-ethyl adjacent to an activating group) is 1. The Hall–Kier alpha value is -3.81. The van der Waals surface area contributed by atoms with E-state index in [-0.39, 0.29) is 18.6 Å². The molecular formula is C35H44ClN7O3. The van der Waals surface area contributed by atoms with E-state index >= 15 is 0 Å². The lowest BCUT2D eigenvalue weighted by molar-refractivity contribution is 0.0144. The highest BCUT2D eigenvalue weighted by Crippen LogP contribution is 2.36. The number of benzene rings is 2. The highest BCUT2D eigenvalue weighted by Gasteiger charge is 2.36. The van der Waals surface area contributed by atoms with Crippen molar-refractivity contribution in [1.82, 2.24) is 19.8 Å². The lowest BCUT2D eigenvalue weighted by Gasteiger charge is -2.42. The van der Waals surface area contributed by atoms with Gasteiger partial charge >= 0.3 is 12.1 Å². The van der Waals surface area contributed by atoms with Crippen LogP contribution in [0.25, 0.3) is 10.8 Å². The van der Waals surface area contributed by atoms with Crippen LogP contribution < -0.4 is 14.5 Å². The first-order chi connectivity index (χ1) is 22.1. The SMILES string of the molecule is CN1CCC[C@H]1COc1nc2c(c(N3CCN(C(=O)OC(C)(C)C)C(CC#N)C3)n1)CCN(c1cccc3cccc(Cl)c13)CC2. The van der Waals surface area contributed by atoms with Crippen LogP contribution in [-0.4, -0.2) is 96.5 Å². The summed E-state index contributed by atoms with van der Waals surface area (Å²) in [5.41, 5.74) is 2.58. The molecule has 0 radical (unpaired) electrons. The van der Waals surface area contributed by atoms with Crippen LogP contribution in [0.5, 0.6) is 6.01 Å². The van der Waals surface area contributed by atoms with Crippen LogP contribution in [0.1, 0.15) is 51.3 Å². The first-order valence-corrected chi connectivity index (χ1v) is 16.8. The zero-order chi connectivity index (χ0) is 32.4. The van der Waals surface area contributed by atoms with Crippen LogP contribution in [-0.2, 0) is 17.6 Å². The summed E-state index contributed by atoms with van der Waals surface area (Å²) in [4.78, 5) is 31.8. The van der Waals surface area contributed by atoms with Crippen molar-refractivity contribution in [2.24, 2.45) is 0 Å². The number of hydrogen-bond donors (Lipinski definition) is 0. The predicted molar refractivity (Wildman–Crippen MR) is 181 cm³/mol. The van der Waals surface area contributed by atoms with Crippen molar-refractivity contribution >= 4 is 40.0 Å². The minimum atomic E-state index is -0.616. The number of aromatic nitrogens is 2. The average molecular weight is 646 g/mol. The second-order valence-corrected chi connectivity index (χ2v) is 14.0. The van der Waals surface area contributed by atoms with Gasteiger partial charge in [0.15, 0.2) is 0 Å². The number of fused-ring (bicyclic) bond motifs is 2. The van der Waals surface area contributed by atoms with E-state index < -0.39 is 5.60 Å². The number of piperazine rings is 1. The predicted octanol–water partition coefficient (Wildman–Crippen LogP) is 5.70. The third-order valence-electron chi connectivity index (χ3n) is 9.29. The Labute approximate surface area is 276 Å². The van der Waals surface area contributed by atoms with Crippen molar-refractivity contribution in [2.45, 2.75) is 70.6 Å². The van der Waals surface area contributed by atoms with Crippen LogP contribution in [0.2, 0.25) is 5.02 Å². The van der Waals surface area contributed by atoms with E-state index in [1.54, 1.807) is 4.90 Å². The van der Waals surface area contributed by atoms with Crippen LogP contribution in [0.4, 0.5) is 16.3 Å². The van der Waals surface area contributed by atoms with Crippen molar-refractivity contribution in [2.75, 3.05) is 62.7 Å². The van der Waals surface area contributed by atoms with E-state index in [9.17, 15) is 10.1 Å². The summed E-state index contributed by atoms with van der Waals surface area (Å²) in [7, 11) is 2.14. The van der Waals surface area contributed by atoms with Gasteiger partial charge in [0.05, 0.1) is 29.2 Å². The number of hydrogen-bond acceptors (Lipinski definition) is 9. The van der Waals surface area contributed by atoms with E-state index in [1.165, 1.54) is 0 Å². The van der Waals surface area contributed by atoms with E-state index in [2.05, 4.69) is 52.1 Å². The van der Waals surface area contributed by atoms with Gasteiger partial charge in [-0.25, -0.2) is 4.79 Å². The fourth-order valence-electron chi connectivity index (χ4n) is 6.91. The third kappa shape index (κ3) is 6.96. The number of halogens is 1. The molecule has 2 atom stereocenters. The highest BCUT2D eigenvalue weighted by molar-refractivity contribution is 6.36. The number of carbonyl (C=O) groups excluding carboxylic acids is 1. The van der Waals surface area contributed by atoms with Gasteiger partial charge in [-0.2, -0.15) is 15.2 Å². The van der Waals surface area contributed by atoms with Gasteiger partial charge in [0.25, 0.3) is 0 Å². The molecule has 0 spiro atoms. The second kappa shape index (κ2) is 13.5.